The standard InChI is InChI=1S/C20H12N4.V/c1-2-14-10-16-5-6-18(23-16)12-20-8-7-19(24-20)11-17-4-3-15(22-17)9-13(1)21-14;/h1-12H;/i1D;. The summed E-state index contributed by atoms with van der Waals surface area (Å²) in [6.07, 6.45) is 21.0. The van der Waals surface area contributed by atoms with Gasteiger partial charge in [0.25, 0.3) is 0 Å². The van der Waals surface area contributed by atoms with Crippen LogP contribution in [0.25, 0.3) is 0 Å². The fourth-order valence-electron chi connectivity index (χ4n) is 2.76. The zero-order valence-electron chi connectivity index (χ0n) is 14.1. The molecule has 5 heterocycles. The normalized spacial score (nSPS) is 22.7. The average molecular weight is 360 g/mol. The number of nitrogens with zero attached hydrogens (tertiary/aromatic N) is 4. The van der Waals surface area contributed by atoms with E-state index in [1.165, 1.54) is 0 Å². The fourth-order valence-corrected chi connectivity index (χ4v) is 2.76. The Morgan fingerprint density at radius 2 is 0.840 bits per heavy atom. The smallest absolute Gasteiger partial charge is 0.0659 e. The third-order valence-corrected chi connectivity index (χ3v) is 3.84. The van der Waals surface area contributed by atoms with Gasteiger partial charge in [0.1, 0.15) is 0 Å². The van der Waals surface area contributed by atoms with Gasteiger partial charge in [-0.15, -0.1) is 0 Å². The van der Waals surface area contributed by atoms with E-state index >= 15 is 0 Å². The van der Waals surface area contributed by atoms with Gasteiger partial charge in [-0.05, 0) is 72.9 Å². The molecule has 0 N–H and O–H groups in total. The largest absolute Gasteiger partial charge is 0.249 e. The van der Waals surface area contributed by atoms with Crippen LogP contribution in [0.4, 0.5) is 0 Å². The zero-order chi connectivity index (χ0) is 16.8. The predicted molar refractivity (Wildman–Crippen MR) is 98.6 cm³/mol. The van der Waals surface area contributed by atoms with Gasteiger partial charge in [0.05, 0.1) is 47.0 Å². The number of fused-ring (bicyclic) bond motifs is 4. The maximum absolute atomic E-state index is 8.11. The molecule has 5 heteroatoms. The topological polar surface area (TPSA) is 49.4 Å². The molecule has 0 aromatic heterocycles. The first kappa shape index (κ1) is 14.5. The van der Waals surface area contributed by atoms with Crippen molar-refractivity contribution in [1.29, 1.82) is 0 Å². The van der Waals surface area contributed by atoms with Crippen LogP contribution in [0.1, 0.15) is 1.37 Å². The van der Waals surface area contributed by atoms with Crippen LogP contribution in [0.15, 0.2) is 116 Å². The Balaban J connectivity index is 0.00000168. The first-order valence-electron chi connectivity index (χ1n) is 8.16. The second kappa shape index (κ2) is 6.24. The molecule has 25 heavy (non-hydrogen) atoms. The zero-order valence-corrected chi connectivity index (χ0v) is 14.5. The summed E-state index contributed by atoms with van der Waals surface area (Å²) in [5.41, 5.74) is 6.33. The average Bonchev–Trinajstić information content (AvgIpc) is 3.33. The van der Waals surface area contributed by atoms with Crippen molar-refractivity contribution in [1.82, 2.24) is 0 Å². The van der Waals surface area contributed by atoms with Crippen molar-refractivity contribution in [2.45, 2.75) is 0 Å². The molecule has 0 spiro atoms. The van der Waals surface area contributed by atoms with Crippen molar-refractivity contribution >= 4 is 22.8 Å². The van der Waals surface area contributed by atoms with Gasteiger partial charge >= 0.3 is 0 Å². The molecule has 0 amide bonds. The molecule has 0 aromatic rings. The molecule has 0 aliphatic carbocycles. The van der Waals surface area contributed by atoms with Crippen LogP contribution in [0, 0.1) is 0 Å². The van der Waals surface area contributed by atoms with Gasteiger partial charge < -0.3 is 0 Å². The molecule has 5 rings (SSSR count). The summed E-state index contributed by atoms with van der Waals surface area (Å²) in [4.78, 5) is 18.2. The van der Waals surface area contributed by atoms with Gasteiger partial charge in [-0.2, -0.15) is 0 Å². The molecule has 5 aliphatic heterocycles. The number of hydrogen-bond acceptors (Lipinski definition) is 4. The van der Waals surface area contributed by atoms with Crippen molar-refractivity contribution < 1.29 is 19.9 Å². The second-order valence-corrected chi connectivity index (χ2v) is 5.67. The molecule has 0 saturated carbocycles. The van der Waals surface area contributed by atoms with Gasteiger partial charge in [0, 0.05) is 18.6 Å². The van der Waals surface area contributed by atoms with E-state index in [4.69, 9.17) is 1.37 Å². The summed E-state index contributed by atoms with van der Waals surface area (Å²) in [6.45, 7) is 0. The molecule has 4 nitrogen and oxygen atoms in total. The van der Waals surface area contributed by atoms with Gasteiger partial charge in [0.2, 0.25) is 0 Å². The number of hydrogen-bond donors (Lipinski definition) is 0. The third kappa shape index (κ3) is 3.22. The van der Waals surface area contributed by atoms with Crippen molar-refractivity contribution in [3.8, 4) is 0 Å². The van der Waals surface area contributed by atoms with E-state index < -0.39 is 0 Å². The van der Waals surface area contributed by atoms with Gasteiger partial charge in [0.15, 0.2) is 0 Å². The van der Waals surface area contributed by atoms with Crippen LogP contribution in [0.3, 0.4) is 0 Å². The van der Waals surface area contributed by atoms with Crippen molar-refractivity contribution in [3.63, 3.8) is 0 Å². The van der Waals surface area contributed by atoms with Crippen molar-refractivity contribution in [2.75, 3.05) is 0 Å². The minimum Gasteiger partial charge on any atom is -0.249 e. The quantitative estimate of drug-likeness (QED) is 0.634. The minimum absolute atomic E-state index is 0. The Morgan fingerprint density at radius 1 is 0.480 bits per heavy atom. The Morgan fingerprint density at radius 3 is 1.32 bits per heavy atom. The molecule has 0 fully saturated rings. The summed E-state index contributed by atoms with van der Waals surface area (Å²) in [5.74, 6) is 0. The molecular formula is C20H12N4V. The summed E-state index contributed by atoms with van der Waals surface area (Å²) < 4.78 is 8.11. The SMILES string of the molecule is [2H]C1=CC2=NC1=CC1=NC(=CC3=NC(=CC4=NC(=C2)C=C4)C=C3)C=C1.[V]. The van der Waals surface area contributed by atoms with E-state index in [1.54, 1.807) is 6.08 Å². The van der Waals surface area contributed by atoms with Gasteiger partial charge in [-0.1, -0.05) is 0 Å². The van der Waals surface area contributed by atoms with Crippen LogP contribution < -0.4 is 0 Å². The first-order valence-corrected chi connectivity index (χ1v) is 7.66. The van der Waals surface area contributed by atoms with E-state index in [0.717, 1.165) is 39.9 Å². The minimum atomic E-state index is 0. The van der Waals surface area contributed by atoms with E-state index in [1.807, 2.05) is 60.8 Å². The molecule has 0 unspecified atom stereocenters. The van der Waals surface area contributed by atoms with Crippen LogP contribution in [0.2, 0.25) is 0 Å². The molecule has 0 aromatic carbocycles. The Bertz CT molecular complexity index is 1080. The van der Waals surface area contributed by atoms with Crippen molar-refractivity contribution in [3.05, 3.63) is 95.7 Å². The summed E-state index contributed by atoms with van der Waals surface area (Å²) in [5, 5.41) is 0. The fraction of sp³-hybridized carbons (Fsp3) is 0. The third-order valence-electron chi connectivity index (χ3n) is 3.84. The number of rotatable bonds is 0. The van der Waals surface area contributed by atoms with Crippen LogP contribution in [-0.4, -0.2) is 22.8 Å². The molecule has 0 atom stereocenters. The molecule has 1 radical (unpaired) electrons. The maximum atomic E-state index is 8.11. The molecule has 117 valence electrons. The van der Waals surface area contributed by atoms with E-state index in [9.17, 15) is 0 Å². The number of aliphatic imine (C=N–C) groups is 4. The van der Waals surface area contributed by atoms with Crippen LogP contribution in [0.5, 0.6) is 0 Å². The monoisotopic (exact) mass is 360 g/mol. The van der Waals surface area contributed by atoms with Gasteiger partial charge in [-0.3, -0.25) is 0 Å². The Hall–Kier alpha value is -2.82. The second-order valence-electron chi connectivity index (χ2n) is 5.67. The summed E-state index contributed by atoms with van der Waals surface area (Å²) >= 11 is 0. The van der Waals surface area contributed by atoms with E-state index in [2.05, 4.69) is 20.0 Å². The summed E-state index contributed by atoms with van der Waals surface area (Å²) in [7, 11) is 0. The Labute approximate surface area is 158 Å². The predicted octanol–water partition coefficient (Wildman–Crippen LogP) is 3.58. The molecule has 5 aliphatic rings. The van der Waals surface area contributed by atoms with Crippen LogP contribution >= 0.6 is 0 Å². The summed E-state index contributed by atoms with van der Waals surface area (Å²) in [6, 6.07) is 0.379. The molecule has 8 bridgehead atoms. The molecule has 0 saturated heterocycles. The number of allylic oxidation sites excluding steroid dienone is 12. The first-order chi connectivity index (χ1) is 12.2. The molecular weight excluding hydrogens is 347 g/mol. The van der Waals surface area contributed by atoms with Crippen LogP contribution in [-0.2, 0) is 18.6 Å². The maximum Gasteiger partial charge on any atom is 0.0659 e. The Kier molecular flexibility index (Phi) is 3.63. The van der Waals surface area contributed by atoms with E-state index in [0.29, 0.717) is 11.7 Å². The van der Waals surface area contributed by atoms with Gasteiger partial charge in [-0.25, -0.2) is 20.0 Å². The van der Waals surface area contributed by atoms with Crippen molar-refractivity contribution in [2.24, 2.45) is 20.0 Å². The van der Waals surface area contributed by atoms with E-state index in [-0.39, 0.29) is 18.6 Å².